The van der Waals surface area contributed by atoms with Crippen LogP contribution in [-0.2, 0) is 10.0 Å². The fourth-order valence-corrected chi connectivity index (χ4v) is 5.01. The predicted octanol–water partition coefficient (Wildman–Crippen LogP) is 4.01. The van der Waals surface area contributed by atoms with Crippen LogP contribution in [0.4, 0.5) is 0 Å². The number of rotatable bonds is 5. The Labute approximate surface area is 130 Å². The summed E-state index contributed by atoms with van der Waals surface area (Å²) in [5.41, 5.74) is 1.04. The van der Waals surface area contributed by atoms with E-state index in [2.05, 4.69) is 20.7 Å². The summed E-state index contributed by atoms with van der Waals surface area (Å²) in [7, 11) is -3.41. The molecule has 0 bridgehead atoms. The number of halogens is 1. The Balaban J connectivity index is 1.93. The van der Waals surface area contributed by atoms with Crippen LogP contribution >= 0.6 is 15.9 Å². The van der Waals surface area contributed by atoms with Crippen molar-refractivity contribution in [2.45, 2.75) is 50.3 Å². The van der Waals surface area contributed by atoms with Crippen molar-refractivity contribution in [3.63, 3.8) is 0 Å². The Kier molecular flexibility index (Phi) is 5.64. The van der Waals surface area contributed by atoms with E-state index in [1.807, 2.05) is 19.1 Å². The normalized spacial score (nSPS) is 17.3. The van der Waals surface area contributed by atoms with Crippen molar-refractivity contribution in [2.75, 3.05) is 6.54 Å². The minimum Gasteiger partial charge on any atom is -0.211 e. The molecule has 0 heterocycles. The summed E-state index contributed by atoms with van der Waals surface area (Å²) in [6.07, 6.45) is 7.36. The van der Waals surface area contributed by atoms with E-state index >= 15 is 0 Å². The minimum absolute atomic E-state index is 0.326. The summed E-state index contributed by atoms with van der Waals surface area (Å²) >= 11 is 3.33. The van der Waals surface area contributed by atoms with Gasteiger partial charge >= 0.3 is 0 Å². The quantitative estimate of drug-likeness (QED) is 0.863. The summed E-state index contributed by atoms with van der Waals surface area (Å²) in [6, 6.07) is 5.30. The van der Waals surface area contributed by atoms with E-state index in [4.69, 9.17) is 0 Å². The van der Waals surface area contributed by atoms with E-state index in [1.54, 1.807) is 6.07 Å². The fourth-order valence-electron chi connectivity index (χ4n) is 2.77. The van der Waals surface area contributed by atoms with Gasteiger partial charge in [-0.15, -0.1) is 0 Å². The Morgan fingerprint density at radius 2 is 1.95 bits per heavy atom. The lowest BCUT2D eigenvalue weighted by Gasteiger charge is -2.21. The van der Waals surface area contributed by atoms with Gasteiger partial charge in [-0.3, -0.25) is 0 Å². The molecule has 1 N–H and O–H groups in total. The second-order valence-corrected chi connectivity index (χ2v) is 8.21. The van der Waals surface area contributed by atoms with Gasteiger partial charge in [0.2, 0.25) is 10.0 Å². The van der Waals surface area contributed by atoms with E-state index < -0.39 is 10.0 Å². The first-order chi connectivity index (χ1) is 9.49. The topological polar surface area (TPSA) is 46.2 Å². The summed E-state index contributed by atoms with van der Waals surface area (Å²) < 4.78 is 27.9. The fraction of sp³-hybridized carbons (Fsp3) is 0.600. The lowest BCUT2D eigenvalue weighted by Crippen LogP contribution is -2.27. The highest BCUT2D eigenvalue weighted by Crippen LogP contribution is 2.26. The Morgan fingerprint density at radius 1 is 1.25 bits per heavy atom. The Bertz CT molecular complexity index is 551. The van der Waals surface area contributed by atoms with Gasteiger partial charge in [-0.1, -0.05) is 38.2 Å². The molecule has 1 aliphatic rings. The second-order valence-electron chi connectivity index (χ2n) is 5.62. The van der Waals surface area contributed by atoms with Crippen LogP contribution in [0.1, 0.15) is 44.1 Å². The van der Waals surface area contributed by atoms with Crippen molar-refractivity contribution in [1.29, 1.82) is 0 Å². The van der Waals surface area contributed by atoms with Gasteiger partial charge in [0.1, 0.15) is 0 Å². The van der Waals surface area contributed by atoms with Crippen molar-refractivity contribution >= 4 is 26.0 Å². The molecule has 1 aromatic carbocycles. The second kappa shape index (κ2) is 7.05. The third-order valence-corrected chi connectivity index (χ3v) is 6.38. The molecule has 1 aromatic rings. The highest BCUT2D eigenvalue weighted by Gasteiger charge is 2.19. The number of nitrogens with one attached hydrogen (secondary N) is 1. The van der Waals surface area contributed by atoms with Crippen LogP contribution in [0.2, 0.25) is 0 Å². The number of benzene rings is 1. The Hall–Kier alpha value is -0.390. The SMILES string of the molecule is Cc1ccc(S(=O)(=O)NCCC2CCCCC2)c(Br)c1. The van der Waals surface area contributed by atoms with E-state index in [1.165, 1.54) is 32.1 Å². The number of sulfonamides is 1. The molecule has 0 unspecified atom stereocenters. The van der Waals surface area contributed by atoms with E-state index in [9.17, 15) is 8.42 Å². The highest BCUT2D eigenvalue weighted by atomic mass is 79.9. The van der Waals surface area contributed by atoms with Crippen LogP contribution in [-0.4, -0.2) is 15.0 Å². The van der Waals surface area contributed by atoms with Gasteiger partial charge in [-0.25, -0.2) is 13.1 Å². The molecular weight excluding hydrogens is 338 g/mol. The van der Waals surface area contributed by atoms with Crippen LogP contribution in [0.15, 0.2) is 27.6 Å². The first-order valence-electron chi connectivity index (χ1n) is 7.25. The first kappa shape index (κ1) is 16.0. The predicted molar refractivity (Wildman–Crippen MR) is 85.3 cm³/mol. The number of hydrogen-bond donors (Lipinski definition) is 1. The Morgan fingerprint density at radius 3 is 2.60 bits per heavy atom. The van der Waals surface area contributed by atoms with Crippen molar-refractivity contribution in [3.8, 4) is 0 Å². The highest BCUT2D eigenvalue weighted by molar-refractivity contribution is 9.10. The molecule has 0 aliphatic heterocycles. The average molecular weight is 360 g/mol. The molecular formula is C15H22BrNO2S. The third kappa shape index (κ3) is 4.30. The smallest absolute Gasteiger partial charge is 0.211 e. The lowest BCUT2D eigenvalue weighted by molar-refractivity contribution is 0.339. The number of hydrogen-bond acceptors (Lipinski definition) is 2. The van der Waals surface area contributed by atoms with Crippen LogP contribution in [0, 0.1) is 12.8 Å². The molecule has 2 rings (SSSR count). The van der Waals surface area contributed by atoms with Crippen LogP contribution in [0.25, 0.3) is 0 Å². The van der Waals surface area contributed by atoms with Crippen LogP contribution in [0.3, 0.4) is 0 Å². The van der Waals surface area contributed by atoms with Gasteiger partial charge < -0.3 is 0 Å². The summed E-state index contributed by atoms with van der Waals surface area (Å²) in [5, 5.41) is 0. The molecule has 0 amide bonds. The lowest BCUT2D eigenvalue weighted by atomic mass is 9.87. The van der Waals surface area contributed by atoms with E-state index in [-0.39, 0.29) is 0 Å². The molecule has 1 fully saturated rings. The largest absolute Gasteiger partial charge is 0.241 e. The monoisotopic (exact) mass is 359 g/mol. The molecule has 112 valence electrons. The van der Waals surface area contributed by atoms with E-state index in [0.29, 0.717) is 21.8 Å². The zero-order chi connectivity index (χ0) is 14.6. The molecule has 1 aliphatic carbocycles. The molecule has 1 saturated carbocycles. The van der Waals surface area contributed by atoms with Gasteiger partial charge in [0.05, 0.1) is 4.90 Å². The summed E-state index contributed by atoms with van der Waals surface area (Å²) in [6.45, 7) is 2.48. The maximum atomic E-state index is 12.3. The van der Waals surface area contributed by atoms with Gasteiger partial charge in [0.15, 0.2) is 0 Å². The third-order valence-electron chi connectivity index (χ3n) is 3.95. The minimum atomic E-state index is -3.41. The zero-order valence-electron chi connectivity index (χ0n) is 11.9. The van der Waals surface area contributed by atoms with Crippen LogP contribution in [0.5, 0.6) is 0 Å². The molecule has 20 heavy (non-hydrogen) atoms. The maximum absolute atomic E-state index is 12.3. The van der Waals surface area contributed by atoms with Gasteiger partial charge in [0.25, 0.3) is 0 Å². The molecule has 3 nitrogen and oxygen atoms in total. The number of aryl methyl sites for hydroxylation is 1. The molecule has 0 aromatic heterocycles. The van der Waals surface area contributed by atoms with Gasteiger partial charge in [-0.05, 0) is 52.9 Å². The molecule has 0 radical (unpaired) electrons. The van der Waals surface area contributed by atoms with E-state index in [0.717, 1.165) is 12.0 Å². The van der Waals surface area contributed by atoms with Gasteiger partial charge in [-0.2, -0.15) is 0 Å². The first-order valence-corrected chi connectivity index (χ1v) is 9.52. The zero-order valence-corrected chi connectivity index (χ0v) is 14.3. The summed E-state index contributed by atoms with van der Waals surface area (Å²) in [4.78, 5) is 0.326. The standard InChI is InChI=1S/C15H22BrNO2S/c1-12-7-8-15(14(16)11-12)20(18,19)17-10-9-13-5-3-2-4-6-13/h7-8,11,13,17H,2-6,9-10H2,1H3. The average Bonchev–Trinajstić information content (AvgIpc) is 2.39. The van der Waals surface area contributed by atoms with Crippen molar-refractivity contribution < 1.29 is 8.42 Å². The molecule has 0 spiro atoms. The summed E-state index contributed by atoms with van der Waals surface area (Å²) in [5.74, 6) is 0.688. The van der Waals surface area contributed by atoms with Crippen molar-refractivity contribution in [3.05, 3.63) is 28.2 Å². The van der Waals surface area contributed by atoms with Crippen molar-refractivity contribution in [2.24, 2.45) is 5.92 Å². The molecule has 0 saturated heterocycles. The van der Waals surface area contributed by atoms with Gasteiger partial charge in [0, 0.05) is 11.0 Å². The molecule has 0 atom stereocenters. The van der Waals surface area contributed by atoms with Crippen LogP contribution < -0.4 is 4.72 Å². The van der Waals surface area contributed by atoms with Crippen molar-refractivity contribution in [1.82, 2.24) is 4.72 Å². The maximum Gasteiger partial charge on any atom is 0.241 e. The molecule has 5 heteroatoms.